The molecule has 1 unspecified atom stereocenters. The molecule has 1 atom stereocenters. The SMILES string of the molecule is Cc1cc(C(C)C)nc(NC(C)(CN)CC(C)C)n1. The maximum absolute atomic E-state index is 5.92. The number of rotatable bonds is 6. The number of hydrogen-bond acceptors (Lipinski definition) is 4. The van der Waals surface area contributed by atoms with Gasteiger partial charge in [-0.15, -0.1) is 0 Å². The molecule has 1 heterocycles. The van der Waals surface area contributed by atoms with Crippen molar-refractivity contribution in [2.45, 2.75) is 59.4 Å². The van der Waals surface area contributed by atoms with Crippen LogP contribution in [0, 0.1) is 12.8 Å². The lowest BCUT2D eigenvalue weighted by Crippen LogP contribution is -2.44. The molecule has 0 bridgehead atoms. The van der Waals surface area contributed by atoms with Crippen molar-refractivity contribution in [3.05, 3.63) is 17.5 Å². The maximum Gasteiger partial charge on any atom is 0.223 e. The number of nitrogens with zero attached hydrogens (tertiary/aromatic N) is 2. The Morgan fingerprint density at radius 1 is 1.26 bits per heavy atom. The third kappa shape index (κ3) is 4.78. The van der Waals surface area contributed by atoms with Crippen LogP contribution in [0.4, 0.5) is 5.95 Å². The van der Waals surface area contributed by atoms with Crippen LogP contribution in [-0.4, -0.2) is 22.1 Å². The van der Waals surface area contributed by atoms with Gasteiger partial charge in [-0.05, 0) is 38.2 Å². The first kappa shape index (κ1) is 15.9. The Labute approximate surface area is 117 Å². The van der Waals surface area contributed by atoms with Crippen molar-refractivity contribution in [1.29, 1.82) is 0 Å². The number of nitrogens with one attached hydrogen (secondary N) is 1. The Kier molecular flexibility index (Phi) is 5.29. The van der Waals surface area contributed by atoms with Crippen molar-refractivity contribution in [3.8, 4) is 0 Å². The molecular formula is C15H28N4. The summed E-state index contributed by atoms with van der Waals surface area (Å²) in [6.45, 7) is 13.4. The first-order valence-corrected chi connectivity index (χ1v) is 7.09. The van der Waals surface area contributed by atoms with Crippen LogP contribution in [-0.2, 0) is 0 Å². The Bertz CT molecular complexity index is 415. The van der Waals surface area contributed by atoms with E-state index in [9.17, 15) is 0 Å². The van der Waals surface area contributed by atoms with Gasteiger partial charge in [0.2, 0.25) is 5.95 Å². The van der Waals surface area contributed by atoms with E-state index in [1.807, 2.05) is 13.0 Å². The molecule has 0 saturated heterocycles. The van der Waals surface area contributed by atoms with Gasteiger partial charge < -0.3 is 11.1 Å². The highest BCUT2D eigenvalue weighted by molar-refractivity contribution is 5.32. The van der Waals surface area contributed by atoms with Gasteiger partial charge in [0.05, 0.1) is 0 Å². The Morgan fingerprint density at radius 3 is 2.37 bits per heavy atom. The molecule has 0 aromatic carbocycles. The molecule has 1 rings (SSSR count). The lowest BCUT2D eigenvalue weighted by Gasteiger charge is -2.31. The second-order valence-corrected chi connectivity index (χ2v) is 6.40. The van der Waals surface area contributed by atoms with Crippen molar-refractivity contribution in [1.82, 2.24) is 9.97 Å². The van der Waals surface area contributed by atoms with Gasteiger partial charge in [0.1, 0.15) is 0 Å². The molecule has 19 heavy (non-hydrogen) atoms. The second-order valence-electron chi connectivity index (χ2n) is 6.40. The highest BCUT2D eigenvalue weighted by Crippen LogP contribution is 2.21. The summed E-state index contributed by atoms with van der Waals surface area (Å²) in [7, 11) is 0. The summed E-state index contributed by atoms with van der Waals surface area (Å²) in [5, 5.41) is 3.43. The van der Waals surface area contributed by atoms with E-state index in [-0.39, 0.29) is 5.54 Å². The van der Waals surface area contributed by atoms with Crippen molar-refractivity contribution < 1.29 is 0 Å². The van der Waals surface area contributed by atoms with Gasteiger partial charge in [0.25, 0.3) is 0 Å². The topological polar surface area (TPSA) is 63.8 Å². The summed E-state index contributed by atoms with van der Waals surface area (Å²) in [6, 6.07) is 2.04. The minimum atomic E-state index is -0.157. The molecule has 1 aromatic rings. The molecule has 0 aliphatic rings. The van der Waals surface area contributed by atoms with Gasteiger partial charge in [0.15, 0.2) is 0 Å². The summed E-state index contributed by atoms with van der Waals surface area (Å²) < 4.78 is 0. The lowest BCUT2D eigenvalue weighted by molar-refractivity contribution is 0.404. The van der Waals surface area contributed by atoms with Crippen LogP contribution in [0.2, 0.25) is 0 Å². The molecule has 0 aliphatic carbocycles. The van der Waals surface area contributed by atoms with Crippen LogP contribution in [0.5, 0.6) is 0 Å². The number of aryl methyl sites for hydroxylation is 1. The van der Waals surface area contributed by atoms with E-state index in [1.54, 1.807) is 0 Å². The van der Waals surface area contributed by atoms with Gasteiger partial charge in [-0.1, -0.05) is 27.7 Å². The van der Waals surface area contributed by atoms with E-state index in [2.05, 4.69) is 49.9 Å². The highest BCUT2D eigenvalue weighted by atomic mass is 15.2. The molecule has 0 radical (unpaired) electrons. The van der Waals surface area contributed by atoms with Gasteiger partial charge in [-0.3, -0.25) is 0 Å². The standard InChI is InChI=1S/C15H28N4/c1-10(2)8-15(6,9-16)19-14-17-12(5)7-13(18-14)11(3)4/h7,10-11H,8-9,16H2,1-6H3,(H,17,18,19). The first-order valence-electron chi connectivity index (χ1n) is 7.09. The van der Waals surface area contributed by atoms with E-state index in [0.717, 1.165) is 17.8 Å². The Hall–Kier alpha value is -1.16. The number of hydrogen-bond donors (Lipinski definition) is 2. The van der Waals surface area contributed by atoms with Gasteiger partial charge in [-0.25, -0.2) is 9.97 Å². The number of anilines is 1. The zero-order valence-corrected chi connectivity index (χ0v) is 13.1. The Balaban J connectivity index is 2.97. The van der Waals surface area contributed by atoms with Gasteiger partial charge >= 0.3 is 0 Å². The van der Waals surface area contributed by atoms with E-state index in [1.165, 1.54) is 0 Å². The van der Waals surface area contributed by atoms with E-state index < -0.39 is 0 Å². The van der Waals surface area contributed by atoms with E-state index >= 15 is 0 Å². The zero-order valence-electron chi connectivity index (χ0n) is 13.1. The average molecular weight is 264 g/mol. The third-order valence-corrected chi connectivity index (χ3v) is 3.19. The molecule has 0 fully saturated rings. The fraction of sp³-hybridized carbons (Fsp3) is 0.733. The van der Waals surface area contributed by atoms with Crippen molar-refractivity contribution in [3.63, 3.8) is 0 Å². The molecular weight excluding hydrogens is 236 g/mol. The van der Waals surface area contributed by atoms with Crippen LogP contribution in [0.15, 0.2) is 6.07 Å². The van der Waals surface area contributed by atoms with Gasteiger partial charge in [-0.2, -0.15) is 0 Å². The van der Waals surface area contributed by atoms with Crippen LogP contribution in [0.25, 0.3) is 0 Å². The molecule has 0 amide bonds. The largest absolute Gasteiger partial charge is 0.348 e. The Morgan fingerprint density at radius 2 is 1.89 bits per heavy atom. The zero-order chi connectivity index (χ0) is 14.6. The van der Waals surface area contributed by atoms with Crippen LogP contribution in [0.1, 0.15) is 58.3 Å². The van der Waals surface area contributed by atoms with Crippen LogP contribution >= 0.6 is 0 Å². The smallest absolute Gasteiger partial charge is 0.223 e. The summed E-state index contributed by atoms with van der Waals surface area (Å²) in [5.41, 5.74) is 7.82. The van der Waals surface area contributed by atoms with Gasteiger partial charge in [0, 0.05) is 23.5 Å². The maximum atomic E-state index is 5.92. The van der Waals surface area contributed by atoms with Crippen molar-refractivity contribution in [2.24, 2.45) is 11.7 Å². The van der Waals surface area contributed by atoms with Crippen molar-refractivity contribution >= 4 is 5.95 Å². The average Bonchev–Trinajstić information content (AvgIpc) is 2.26. The quantitative estimate of drug-likeness (QED) is 0.828. The normalized spacial score (nSPS) is 14.8. The molecule has 3 N–H and O–H groups in total. The molecule has 0 aliphatic heterocycles. The first-order chi connectivity index (χ1) is 8.75. The summed E-state index contributed by atoms with van der Waals surface area (Å²) in [5.74, 6) is 1.67. The molecule has 4 heteroatoms. The minimum absolute atomic E-state index is 0.157. The third-order valence-electron chi connectivity index (χ3n) is 3.19. The van der Waals surface area contributed by atoms with Crippen molar-refractivity contribution in [2.75, 3.05) is 11.9 Å². The number of aromatic nitrogens is 2. The fourth-order valence-electron chi connectivity index (χ4n) is 2.30. The lowest BCUT2D eigenvalue weighted by atomic mass is 9.91. The monoisotopic (exact) mass is 264 g/mol. The molecule has 108 valence electrons. The highest BCUT2D eigenvalue weighted by Gasteiger charge is 2.24. The summed E-state index contributed by atoms with van der Waals surface area (Å²) in [6.07, 6.45) is 0.998. The number of nitrogens with two attached hydrogens (primary N) is 1. The molecule has 0 spiro atoms. The summed E-state index contributed by atoms with van der Waals surface area (Å²) in [4.78, 5) is 9.07. The fourth-order valence-corrected chi connectivity index (χ4v) is 2.30. The summed E-state index contributed by atoms with van der Waals surface area (Å²) >= 11 is 0. The second kappa shape index (κ2) is 6.33. The van der Waals surface area contributed by atoms with E-state index in [0.29, 0.717) is 24.3 Å². The predicted molar refractivity (Wildman–Crippen MR) is 81.4 cm³/mol. The van der Waals surface area contributed by atoms with E-state index in [4.69, 9.17) is 5.73 Å². The predicted octanol–water partition coefficient (Wildman–Crippen LogP) is 3.08. The molecule has 4 nitrogen and oxygen atoms in total. The molecule has 1 aromatic heterocycles. The van der Waals surface area contributed by atoms with Crippen LogP contribution < -0.4 is 11.1 Å². The molecule has 0 saturated carbocycles. The van der Waals surface area contributed by atoms with Crippen LogP contribution in [0.3, 0.4) is 0 Å². The minimum Gasteiger partial charge on any atom is -0.348 e.